The highest BCUT2D eigenvalue weighted by Gasteiger charge is 2.50. The van der Waals surface area contributed by atoms with Crippen LogP contribution in [0.15, 0.2) is 99.3 Å². The fourth-order valence-electron chi connectivity index (χ4n) is 17.5. The van der Waals surface area contributed by atoms with Crippen molar-refractivity contribution >= 4 is 230 Å². The van der Waals surface area contributed by atoms with Gasteiger partial charge in [0, 0.05) is 50.4 Å². The van der Waals surface area contributed by atoms with Crippen LogP contribution in [0.4, 0.5) is 34.3 Å². The molecule has 18 heterocycles. The van der Waals surface area contributed by atoms with Crippen LogP contribution in [0.3, 0.4) is 0 Å². The smallest absolute Gasteiger partial charge is 0.167 e. The first-order valence-corrected chi connectivity index (χ1v) is 67.6. The summed E-state index contributed by atoms with van der Waals surface area (Å²) in [6.45, 7) is 23.1. The molecule has 0 saturated carbocycles. The van der Waals surface area contributed by atoms with E-state index >= 15 is 0 Å². The first kappa shape index (κ1) is 111. The fourth-order valence-corrected chi connectivity index (χ4v) is 25.2. The van der Waals surface area contributed by atoms with Gasteiger partial charge in [0.2, 0.25) is 0 Å². The third-order valence-corrected chi connectivity index (χ3v) is 37.1. The second kappa shape index (κ2) is 45.9. The van der Waals surface area contributed by atoms with Gasteiger partial charge in [0.15, 0.2) is 70.8 Å². The molecule has 0 bridgehead atoms. The van der Waals surface area contributed by atoms with Crippen LogP contribution in [0.5, 0.6) is 0 Å². The summed E-state index contributed by atoms with van der Waals surface area (Å²) in [6, 6.07) is 8.59. The summed E-state index contributed by atoms with van der Waals surface area (Å²) in [5, 5.41) is 72.9. The minimum atomic E-state index is -1.23. The Bertz CT molecular complexity index is 6130. The fraction of sp³-hybridized carbons (Fsp3) is 0.559. The van der Waals surface area contributed by atoms with Crippen molar-refractivity contribution in [1.82, 2.24) is 92.2 Å². The molecule has 6 aliphatic rings. The van der Waals surface area contributed by atoms with Crippen LogP contribution in [-0.4, -0.2) is 389 Å². The molecule has 6 aliphatic heterocycles. The summed E-state index contributed by atoms with van der Waals surface area (Å²) in [5.74, 6) is 0.862. The van der Waals surface area contributed by atoms with Crippen molar-refractivity contribution < 1.29 is 68.9 Å². The first-order chi connectivity index (χ1) is 66.1. The number of pyridine rings is 5. The van der Waals surface area contributed by atoms with E-state index in [4.69, 9.17) is 79.2 Å². The molecule has 774 valence electrons. The number of hydrogen-bond acceptors (Lipinski definition) is 33. The number of fused-ring (bicyclic) bond motifs is 6. The molecule has 39 nitrogen and oxygen atoms in total. The van der Waals surface area contributed by atoms with E-state index in [2.05, 4.69) is 221 Å². The topological polar surface area (TPSA) is 559 Å². The summed E-state index contributed by atoms with van der Waals surface area (Å²) in [5.41, 5.74) is 46.0. The van der Waals surface area contributed by atoms with Gasteiger partial charge in [-0.15, -0.1) is 90.7 Å². The number of aryl methyl sites for hydroxylation is 1. The average Bonchev–Trinajstić information content (AvgIpc) is 1.63. The summed E-state index contributed by atoms with van der Waals surface area (Å²) in [4.78, 5) is 56.0. The Morgan fingerprint density at radius 2 is 0.645 bits per heavy atom. The molecule has 0 aliphatic carbocycles. The van der Waals surface area contributed by atoms with Gasteiger partial charge in [-0.05, 0) is 186 Å². The molecule has 0 amide bonds. The Balaban J connectivity index is 0.000000142. The van der Waals surface area contributed by atoms with E-state index in [-0.39, 0.29) is 63.9 Å². The largest absolute Gasteiger partial charge is 0.397 e. The van der Waals surface area contributed by atoms with E-state index in [1.807, 2.05) is 27.5 Å². The molecule has 141 heavy (non-hydrogen) atoms. The molecular weight excluding hydrogens is 2120 g/mol. The number of imidazole rings is 6. The van der Waals surface area contributed by atoms with Crippen molar-refractivity contribution in [3.63, 3.8) is 0 Å². The van der Waals surface area contributed by atoms with Crippen molar-refractivity contribution in [2.24, 2.45) is 5.92 Å². The Labute approximate surface area is 850 Å². The zero-order valence-corrected chi connectivity index (χ0v) is 92.7. The highest BCUT2D eigenvalue weighted by atomic mass is 127. The van der Waals surface area contributed by atoms with Crippen LogP contribution in [0.1, 0.15) is 95.6 Å². The van der Waals surface area contributed by atoms with E-state index in [0.717, 1.165) is 69.1 Å². The lowest BCUT2D eigenvalue weighted by atomic mass is 10.0. The Kier molecular flexibility index (Phi) is 36.3. The quantitative estimate of drug-likeness (QED) is 0.0136. The van der Waals surface area contributed by atoms with Gasteiger partial charge < -0.3 is 103 Å². The number of methoxy groups -OCH3 is 1. The van der Waals surface area contributed by atoms with E-state index in [1.165, 1.54) is 6.33 Å². The van der Waals surface area contributed by atoms with Crippen molar-refractivity contribution in [1.29, 1.82) is 0 Å². The second-order valence-electron chi connectivity index (χ2n) is 41.2. The normalized spacial score (nSPS) is 28.2. The third-order valence-electron chi connectivity index (χ3n) is 25.5. The number of halogens is 3. The van der Waals surface area contributed by atoms with E-state index in [9.17, 15) is 35.7 Å². The number of nitrogens with zero attached hydrogens (tertiary/aromatic N) is 19. The van der Waals surface area contributed by atoms with Crippen LogP contribution >= 0.6 is 91.4 Å². The number of ether oxygens (including phenoxy) is 7. The average molecular weight is 2260 g/mol. The van der Waals surface area contributed by atoms with Gasteiger partial charge in [-0.3, -0.25) is 27.4 Å². The molecule has 12 aromatic heterocycles. The molecule has 6 saturated heterocycles. The minimum Gasteiger partial charge on any atom is -0.397 e. The summed E-state index contributed by atoms with van der Waals surface area (Å²) in [7, 11) is 1.58. The van der Waals surface area contributed by atoms with Gasteiger partial charge in [0.1, 0.15) is 81.0 Å². The molecule has 48 heteroatoms. The van der Waals surface area contributed by atoms with Crippen molar-refractivity contribution in [2.45, 2.75) is 196 Å². The molecule has 19 N–H and O–H groups in total. The predicted octanol–water partition coefficient (Wildman–Crippen LogP) is 10.4. The number of aliphatic hydroxyl groups is 7. The van der Waals surface area contributed by atoms with Gasteiger partial charge in [0.25, 0.3) is 0 Å². The number of aliphatic hydroxyl groups excluding tert-OH is 7. The number of rotatable bonds is 26. The zero-order valence-electron chi connectivity index (χ0n) is 82.8. The van der Waals surface area contributed by atoms with Crippen molar-refractivity contribution in [3.8, 4) is 0 Å². The van der Waals surface area contributed by atoms with E-state index < -0.39 is 120 Å². The Morgan fingerprint density at radius 1 is 0.362 bits per heavy atom. The maximum Gasteiger partial charge on any atom is 0.167 e. The van der Waals surface area contributed by atoms with Gasteiger partial charge >= 0.3 is 0 Å². The summed E-state index contributed by atoms with van der Waals surface area (Å²) >= 11 is 12.2. The van der Waals surface area contributed by atoms with Crippen LogP contribution in [0.25, 0.3) is 67.0 Å². The monoisotopic (exact) mass is 2260 g/mol. The van der Waals surface area contributed by atoms with Gasteiger partial charge in [-0.25, -0.2) is 64.8 Å². The second-order valence-corrected chi connectivity index (χ2v) is 70.1. The summed E-state index contributed by atoms with van der Waals surface area (Å²) in [6.07, 6.45) is 44.5. The molecule has 6 fully saturated rings. The molecule has 0 radical (unpaired) electrons. The molecule has 6 unspecified atom stereocenters. The number of alkyl halides is 3. The van der Waals surface area contributed by atoms with E-state index in [1.54, 1.807) is 114 Å². The van der Waals surface area contributed by atoms with E-state index in [0.29, 0.717) is 120 Å². The third kappa shape index (κ3) is 26.7. The lowest BCUT2D eigenvalue weighted by Gasteiger charge is -2.20. The molecular formula is C93H142BrClIN25O14P6. The molecule has 18 rings (SSSR count). The predicted molar refractivity (Wildman–Crippen MR) is 597 cm³/mol. The number of nitrogens with two attached hydrogens (primary N) is 6. The standard InChI is InChI=1S/C16H26N5O3P.C16H25N4O3P.C16H25N4O2P.C15H22BrN4O2P.C15H22ClN4O2P.C15H22IN4O2P/c1-5-10-19-14(17)11-15(20-10)21(8-18-11)16-13(23)12(22)9(24-16)6-7-25(2,3)4;1-22-14-13(21)11(6-8-24(2,3)4)23-16(14)20-9-19-12-10(17)5-7-18-15(12)20;1-10-14(21)12(6-8-23(2,3)4)22-16(10)20-9-19-13-11(17)5-7-18-15(13)20;3*1-23(2,3)7-5-10-13(21)11(16)15(22-10)20-8-19-12-9(17)4-6-18-14(12)20/h8-9,12-13,16,22-23H,2,5-7H2,1,3-4H3,(H2,17,19,20);5,7,9,11,13-14,16,21H,2,6,8H2,1,3-4H3,(H2,17,18);5,7,9-10,12,14,16,21H,2,6,8H2,1,3-4H3,(H2,17,18);3*4,6,8,10-11,13,15,21H,1,5,7H2,2-3H3,(H2,17,18)/t9-,12-,13-,16?;11-,13-,14-,16?;10-,12-,14+,16?;3*10-,11-,13-,15?/m111111/s1. The highest BCUT2D eigenvalue weighted by molar-refractivity contribution is 14.1. The van der Waals surface area contributed by atoms with Gasteiger partial charge in [-0.2, -0.15) is 0 Å². The molecule has 0 spiro atoms. The van der Waals surface area contributed by atoms with Crippen LogP contribution in [-0.2, 0) is 39.6 Å². The zero-order chi connectivity index (χ0) is 103. The van der Waals surface area contributed by atoms with Crippen molar-refractivity contribution in [2.75, 3.05) is 158 Å². The Hall–Kier alpha value is -6.81. The summed E-state index contributed by atoms with van der Waals surface area (Å²) < 4.78 is 52.7. The van der Waals surface area contributed by atoms with Gasteiger partial charge in [0.05, 0.1) is 130 Å². The first-order valence-electron chi connectivity index (χ1n) is 46.7. The van der Waals surface area contributed by atoms with Crippen LogP contribution in [0.2, 0.25) is 0 Å². The van der Waals surface area contributed by atoms with Crippen LogP contribution < -0.4 is 34.4 Å². The molecule has 24 atom stereocenters. The van der Waals surface area contributed by atoms with Crippen molar-refractivity contribution in [3.05, 3.63) is 105 Å². The number of hydrogen-bond donors (Lipinski definition) is 13. The maximum atomic E-state index is 10.6. The minimum absolute atomic E-state index is 0.0353. The maximum absolute atomic E-state index is 10.6. The van der Waals surface area contributed by atoms with Crippen LogP contribution in [0, 0.1) is 5.92 Å². The SMILES string of the molecule is C=P(C)(C)CC[C@H]1OC(n2cnc3c(N)ccnc32)[C@H](Br)[C@@H]1O.C=P(C)(C)CC[C@H]1OC(n2cnc3c(N)ccnc32)[C@H](C)[C@@H]1O.C=P(C)(C)CC[C@H]1OC(n2cnc3c(N)ccnc32)[C@H](Cl)[C@@H]1O.C=P(C)(C)CC[C@H]1OC(n2cnc3c(N)ccnc32)[C@H](I)[C@@H]1O.C=P(C)(C)CC[C@H]1OC(n2cnc3c(N)ccnc32)[C@H](OC)[C@@H]1O.C=P(C)(C)CC[C@H]1OC(n2cnc3c(N)nc(CC)nc32)[C@H](O)[C@@H]1O. The number of nitrogen functional groups attached to an aromatic ring is 6. The highest BCUT2D eigenvalue weighted by Crippen LogP contribution is 2.50. The molecule has 12 aromatic rings. The number of anilines is 6. The number of aromatic nitrogens is 19. The Morgan fingerprint density at radius 3 is 1.02 bits per heavy atom. The lowest BCUT2D eigenvalue weighted by Crippen LogP contribution is -2.33. The molecule has 0 aromatic carbocycles. The van der Waals surface area contributed by atoms with Gasteiger partial charge in [-0.1, -0.05) is 52.4 Å². The lowest BCUT2D eigenvalue weighted by molar-refractivity contribution is -0.0496.